The van der Waals surface area contributed by atoms with Crippen LogP contribution in [0.5, 0.6) is 0 Å². The van der Waals surface area contributed by atoms with Crippen LogP contribution in [0.2, 0.25) is 0 Å². The van der Waals surface area contributed by atoms with Gasteiger partial charge in [0, 0.05) is 11.1 Å². The van der Waals surface area contributed by atoms with Crippen LogP contribution in [-0.4, -0.2) is 17.6 Å². The number of thiazole rings is 1. The lowest BCUT2D eigenvalue weighted by atomic mass is 10.6. The quantitative estimate of drug-likeness (QED) is 0.560. The fourth-order valence-electron chi connectivity index (χ4n) is 0.656. The molecule has 0 atom stereocenters. The van der Waals surface area contributed by atoms with E-state index in [0.29, 0.717) is 17.5 Å². The van der Waals surface area contributed by atoms with Crippen LogP contribution < -0.4 is 0 Å². The third kappa shape index (κ3) is 2.19. The van der Waals surface area contributed by atoms with E-state index in [4.69, 9.17) is 16.3 Å². The van der Waals surface area contributed by atoms with Crippen LogP contribution in [0.4, 0.5) is 0 Å². The van der Waals surface area contributed by atoms with E-state index in [0.717, 1.165) is 4.88 Å². The summed E-state index contributed by atoms with van der Waals surface area (Å²) < 4.78 is 4.75. The van der Waals surface area contributed by atoms with Crippen molar-refractivity contribution in [3.05, 3.63) is 16.1 Å². The average molecular weight is 206 g/mol. The van der Waals surface area contributed by atoms with Crippen molar-refractivity contribution in [3.63, 3.8) is 0 Å². The van der Waals surface area contributed by atoms with E-state index in [2.05, 4.69) is 4.98 Å². The largest absolute Gasteiger partial charge is 0.461 e. The SMILES string of the molecule is CCOC(=O)c1ncc(CCl)s1. The minimum atomic E-state index is -0.376. The number of esters is 1. The lowest BCUT2D eigenvalue weighted by Gasteiger charge is -1.94. The lowest BCUT2D eigenvalue weighted by molar-refractivity contribution is 0.0526. The molecule has 5 heteroatoms. The molecule has 0 radical (unpaired) electrons. The summed E-state index contributed by atoms with van der Waals surface area (Å²) in [6, 6.07) is 0. The highest BCUT2D eigenvalue weighted by atomic mass is 35.5. The molecule has 0 aromatic carbocycles. The van der Waals surface area contributed by atoms with Gasteiger partial charge >= 0.3 is 5.97 Å². The van der Waals surface area contributed by atoms with Crippen LogP contribution in [0.15, 0.2) is 6.20 Å². The lowest BCUT2D eigenvalue weighted by Crippen LogP contribution is -2.03. The molecule has 0 unspecified atom stereocenters. The summed E-state index contributed by atoms with van der Waals surface area (Å²) in [4.78, 5) is 15.8. The summed E-state index contributed by atoms with van der Waals surface area (Å²) in [5, 5.41) is 0.368. The molecule has 12 heavy (non-hydrogen) atoms. The molecule has 1 aromatic heterocycles. The molecule has 1 rings (SSSR count). The Kier molecular flexibility index (Phi) is 3.49. The Morgan fingerprint density at radius 2 is 2.58 bits per heavy atom. The number of aromatic nitrogens is 1. The minimum absolute atomic E-state index is 0.368. The van der Waals surface area contributed by atoms with Crippen molar-refractivity contribution in [1.29, 1.82) is 0 Å². The topological polar surface area (TPSA) is 39.2 Å². The molecule has 0 spiro atoms. The van der Waals surface area contributed by atoms with Gasteiger partial charge in [-0.2, -0.15) is 0 Å². The van der Waals surface area contributed by atoms with Gasteiger partial charge in [0.2, 0.25) is 5.01 Å². The van der Waals surface area contributed by atoms with Gasteiger partial charge in [-0.15, -0.1) is 22.9 Å². The maximum atomic E-state index is 11.1. The van der Waals surface area contributed by atoms with Gasteiger partial charge in [0.15, 0.2) is 0 Å². The van der Waals surface area contributed by atoms with Crippen LogP contribution in [-0.2, 0) is 10.6 Å². The van der Waals surface area contributed by atoms with Crippen molar-refractivity contribution in [2.24, 2.45) is 0 Å². The van der Waals surface area contributed by atoms with Gasteiger partial charge in [-0.3, -0.25) is 0 Å². The molecule has 1 aromatic rings. The zero-order valence-electron chi connectivity index (χ0n) is 6.54. The van der Waals surface area contributed by atoms with Crippen LogP contribution in [0.3, 0.4) is 0 Å². The van der Waals surface area contributed by atoms with Gasteiger partial charge in [-0.05, 0) is 6.92 Å². The molecule has 1 heterocycles. The predicted octanol–water partition coefficient (Wildman–Crippen LogP) is 2.06. The molecule has 66 valence electrons. The molecule has 3 nitrogen and oxygen atoms in total. The maximum Gasteiger partial charge on any atom is 0.367 e. The Balaban J connectivity index is 2.68. The Bertz CT molecular complexity index is 274. The van der Waals surface area contributed by atoms with Gasteiger partial charge in [0.25, 0.3) is 0 Å². The van der Waals surface area contributed by atoms with Gasteiger partial charge < -0.3 is 4.74 Å². The fraction of sp³-hybridized carbons (Fsp3) is 0.429. The highest BCUT2D eigenvalue weighted by molar-refractivity contribution is 7.13. The molecule has 0 saturated carbocycles. The summed E-state index contributed by atoms with van der Waals surface area (Å²) in [5.41, 5.74) is 0. The molecular formula is C7H8ClNO2S. The van der Waals surface area contributed by atoms with Crippen LogP contribution in [0.1, 0.15) is 21.6 Å². The van der Waals surface area contributed by atoms with E-state index in [9.17, 15) is 4.79 Å². The number of ether oxygens (including phenoxy) is 1. The molecule has 0 amide bonds. The third-order valence-electron chi connectivity index (χ3n) is 1.14. The molecule has 0 aliphatic rings. The minimum Gasteiger partial charge on any atom is -0.461 e. The molecule has 0 bridgehead atoms. The number of hydrogen-bond acceptors (Lipinski definition) is 4. The first kappa shape index (κ1) is 9.48. The zero-order chi connectivity index (χ0) is 8.97. The third-order valence-corrected chi connectivity index (χ3v) is 2.56. The number of rotatable bonds is 3. The van der Waals surface area contributed by atoms with Crippen molar-refractivity contribution in [2.75, 3.05) is 6.61 Å². The van der Waals surface area contributed by atoms with E-state index in [1.165, 1.54) is 11.3 Å². The molecule has 0 fully saturated rings. The van der Waals surface area contributed by atoms with E-state index in [1.807, 2.05) is 0 Å². The fourth-order valence-corrected chi connectivity index (χ4v) is 1.55. The number of carbonyl (C=O) groups excluding carboxylic acids is 1. The van der Waals surface area contributed by atoms with E-state index in [1.54, 1.807) is 13.1 Å². The normalized spacial score (nSPS) is 9.83. The summed E-state index contributed by atoms with van der Waals surface area (Å²) in [6.45, 7) is 2.13. The Morgan fingerprint density at radius 3 is 3.08 bits per heavy atom. The Labute approximate surface area is 79.3 Å². The van der Waals surface area contributed by atoms with E-state index < -0.39 is 0 Å². The zero-order valence-corrected chi connectivity index (χ0v) is 8.11. The average Bonchev–Trinajstić information content (AvgIpc) is 2.52. The summed E-state index contributed by atoms with van der Waals surface area (Å²) in [6.07, 6.45) is 1.59. The summed E-state index contributed by atoms with van der Waals surface area (Å²) in [7, 11) is 0. The first-order chi connectivity index (χ1) is 5.77. The monoisotopic (exact) mass is 205 g/mol. The number of hydrogen-bond donors (Lipinski definition) is 0. The first-order valence-electron chi connectivity index (χ1n) is 3.45. The summed E-state index contributed by atoms with van der Waals surface area (Å²) >= 11 is 6.80. The van der Waals surface area contributed by atoms with Gasteiger partial charge in [0.05, 0.1) is 12.5 Å². The second-order valence-corrected chi connectivity index (χ2v) is 3.37. The number of halogens is 1. The molecular weight excluding hydrogens is 198 g/mol. The van der Waals surface area contributed by atoms with Crippen molar-refractivity contribution in [1.82, 2.24) is 4.98 Å². The van der Waals surface area contributed by atoms with Crippen molar-refractivity contribution in [3.8, 4) is 0 Å². The van der Waals surface area contributed by atoms with Crippen molar-refractivity contribution < 1.29 is 9.53 Å². The molecule has 0 aliphatic heterocycles. The highest BCUT2D eigenvalue weighted by Crippen LogP contribution is 2.15. The maximum absolute atomic E-state index is 11.1. The predicted molar refractivity (Wildman–Crippen MR) is 47.6 cm³/mol. The van der Waals surface area contributed by atoms with Crippen LogP contribution >= 0.6 is 22.9 Å². The molecule has 0 saturated heterocycles. The Hall–Kier alpha value is -0.610. The van der Waals surface area contributed by atoms with Crippen molar-refractivity contribution >= 4 is 28.9 Å². The Morgan fingerprint density at radius 1 is 1.83 bits per heavy atom. The van der Waals surface area contributed by atoms with Crippen molar-refractivity contribution in [2.45, 2.75) is 12.8 Å². The highest BCUT2D eigenvalue weighted by Gasteiger charge is 2.10. The van der Waals surface area contributed by atoms with E-state index >= 15 is 0 Å². The van der Waals surface area contributed by atoms with Gasteiger partial charge in [-0.25, -0.2) is 9.78 Å². The summed E-state index contributed by atoms with van der Waals surface area (Å²) in [5.74, 6) is 0.00993. The van der Waals surface area contributed by atoms with Crippen LogP contribution in [0, 0.1) is 0 Å². The van der Waals surface area contributed by atoms with Crippen LogP contribution in [0.25, 0.3) is 0 Å². The first-order valence-corrected chi connectivity index (χ1v) is 4.80. The smallest absolute Gasteiger partial charge is 0.367 e. The van der Waals surface area contributed by atoms with Gasteiger partial charge in [0.1, 0.15) is 0 Å². The molecule has 0 aliphatic carbocycles. The molecule has 0 N–H and O–H groups in total. The van der Waals surface area contributed by atoms with Gasteiger partial charge in [-0.1, -0.05) is 0 Å². The number of nitrogens with zero attached hydrogens (tertiary/aromatic N) is 1. The number of alkyl halides is 1. The second-order valence-electron chi connectivity index (χ2n) is 1.99. The standard InChI is InChI=1S/C7H8ClNO2S/c1-2-11-7(10)6-9-4-5(3-8)12-6/h4H,2-3H2,1H3. The van der Waals surface area contributed by atoms with E-state index in [-0.39, 0.29) is 5.97 Å². The number of carbonyl (C=O) groups is 1. The second kappa shape index (κ2) is 4.42.